The minimum absolute atomic E-state index is 0.650. The minimum atomic E-state index is -1.87. The highest BCUT2D eigenvalue weighted by atomic mass is 28.4. The molecule has 0 aliphatic carbocycles. The van der Waals surface area contributed by atoms with E-state index < -0.39 is 8.56 Å². The van der Waals surface area contributed by atoms with Crippen LogP contribution >= 0.6 is 0 Å². The highest BCUT2D eigenvalue weighted by Gasteiger charge is 2.40. The molecule has 13 heavy (non-hydrogen) atoms. The van der Waals surface area contributed by atoms with E-state index >= 15 is 0 Å². The predicted molar refractivity (Wildman–Crippen MR) is 59.2 cm³/mol. The SMILES string of the molecule is CCCC(CC)[Si](CC)(OC)OC. The molecule has 0 heterocycles. The van der Waals surface area contributed by atoms with Gasteiger partial charge in [0.15, 0.2) is 0 Å². The average Bonchev–Trinajstić information content (AvgIpc) is 2.19. The van der Waals surface area contributed by atoms with Gasteiger partial charge < -0.3 is 8.85 Å². The molecule has 0 fully saturated rings. The summed E-state index contributed by atoms with van der Waals surface area (Å²) in [6.07, 6.45) is 3.63. The Morgan fingerprint density at radius 3 is 1.85 bits per heavy atom. The normalized spacial score (nSPS) is 14.5. The fraction of sp³-hybridized carbons (Fsp3) is 1.00. The van der Waals surface area contributed by atoms with Crippen LogP contribution in [0.3, 0.4) is 0 Å². The first-order valence-corrected chi connectivity index (χ1v) is 7.41. The molecule has 0 bridgehead atoms. The zero-order valence-corrected chi connectivity index (χ0v) is 10.7. The van der Waals surface area contributed by atoms with E-state index in [2.05, 4.69) is 20.8 Å². The van der Waals surface area contributed by atoms with Gasteiger partial charge in [0.25, 0.3) is 0 Å². The summed E-state index contributed by atoms with van der Waals surface area (Å²) in [5.41, 5.74) is 0.650. The molecule has 0 radical (unpaired) electrons. The molecule has 0 aromatic heterocycles. The van der Waals surface area contributed by atoms with Crippen molar-refractivity contribution in [2.45, 2.75) is 51.6 Å². The zero-order chi connectivity index (χ0) is 10.3. The van der Waals surface area contributed by atoms with E-state index in [1.807, 2.05) is 0 Å². The van der Waals surface area contributed by atoms with E-state index in [4.69, 9.17) is 8.85 Å². The topological polar surface area (TPSA) is 18.5 Å². The molecule has 0 amide bonds. The van der Waals surface area contributed by atoms with Crippen molar-refractivity contribution in [3.05, 3.63) is 0 Å². The van der Waals surface area contributed by atoms with Gasteiger partial charge in [-0.2, -0.15) is 0 Å². The van der Waals surface area contributed by atoms with Crippen molar-refractivity contribution in [1.29, 1.82) is 0 Å². The summed E-state index contributed by atoms with van der Waals surface area (Å²) in [5, 5.41) is 0. The first-order valence-electron chi connectivity index (χ1n) is 5.30. The lowest BCUT2D eigenvalue weighted by atomic mass is 10.2. The molecule has 80 valence electrons. The monoisotopic (exact) mass is 204 g/mol. The molecule has 3 heteroatoms. The highest BCUT2D eigenvalue weighted by molar-refractivity contribution is 6.68. The first kappa shape index (κ1) is 13.1. The van der Waals surface area contributed by atoms with Crippen LogP contribution in [0, 0.1) is 0 Å². The summed E-state index contributed by atoms with van der Waals surface area (Å²) in [6.45, 7) is 6.64. The van der Waals surface area contributed by atoms with Gasteiger partial charge in [0.2, 0.25) is 0 Å². The summed E-state index contributed by atoms with van der Waals surface area (Å²) in [4.78, 5) is 0. The molecule has 1 atom stereocenters. The molecule has 1 unspecified atom stereocenters. The van der Waals surface area contributed by atoms with Gasteiger partial charge in [-0.25, -0.2) is 0 Å². The van der Waals surface area contributed by atoms with Crippen LogP contribution in [-0.4, -0.2) is 22.8 Å². The molecule has 0 aromatic carbocycles. The van der Waals surface area contributed by atoms with Gasteiger partial charge in [-0.1, -0.05) is 33.6 Å². The van der Waals surface area contributed by atoms with Crippen molar-refractivity contribution in [2.75, 3.05) is 14.2 Å². The van der Waals surface area contributed by atoms with Crippen LogP contribution in [0.25, 0.3) is 0 Å². The van der Waals surface area contributed by atoms with Gasteiger partial charge in [-0.05, 0) is 12.5 Å². The van der Waals surface area contributed by atoms with E-state index in [0.29, 0.717) is 5.54 Å². The maximum absolute atomic E-state index is 5.66. The van der Waals surface area contributed by atoms with Crippen molar-refractivity contribution in [3.8, 4) is 0 Å². The smallest absolute Gasteiger partial charge is 0.340 e. The van der Waals surface area contributed by atoms with Crippen LogP contribution in [0.5, 0.6) is 0 Å². The standard InChI is InChI=1S/C10H24O2Si/c1-6-9-10(7-2)13(8-3,11-4)12-5/h10H,6-9H2,1-5H3. The van der Waals surface area contributed by atoms with E-state index in [1.165, 1.54) is 19.3 Å². The first-order chi connectivity index (χ1) is 6.20. The van der Waals surface area contributed by atoms with Gasteiger partial charge in [-0.3, -0.25) is 0 Å². The Kier molecular flexibility index (Phi) is 6.64. The maximum atomic E-state index is 5.66. The van der Waals surface area contributed by atoms with Crippen LogP contribution in [0.1, 0.15) is 40.0 Å². The van der Waals surface area contributed by atoms with Crippen molar-refractivity contribution in [2.24, 2.45) is 0 Å². The Bertz CT molecular complexity index is 116. The van der Waals surface area contributed by atoms with Crippen LogP contribution in [0.2, 0.25) is 11.6 Å². The summed E-state index contributed by atoms with van der Waals surface area (Å²) in [5.74, 6) is 0. The van der Waals surface area contributed by atoms with E-state index in [1.54, 1.807) is 14.2 Å². The third kappa shape index (κ3) is 3.08. The lowest BCUT2D eigenvalue weighted by Gasteiger charge is -2.33. The second-order valence-electron chi connectivity index (χ2n) is 3.47. The van der Waals surface area contributed by atoms with Gasteiger partial charge >= 0.3 is 8.56 Å². The van der Waals surface area contributed by atoms with Crippen molar-refractivity contribution in [3.63, 3.8) is 0 Å². The highest BCUT2D eigenvalue weighted by Crippen LogP contribution is 2.33. The van der Waals surface area contributed by atoms with Crippen molar-refractivity contribution in [1.82, 2.24) is 0 Å². The molecule has 0 spiro atoms. The summed E-state index contributed by atoms with van der Waals surface area (Å²) < 4.78 is 11.3. The van der Waals surface area contributed by atoms with E-state index in [-0.39, 0.29) is 0 Å². The molecule has 0 saturated heterocycles. The fourth-order valence-electron chi connectivity index (χ4n) is 2.08. The second-order valence-corrected chi connectivity index (χ2v) is 7.43. The molecule has 0 N–H and O–H groups in total. The maximum Gasteiger partial charge on any atom is 0.340 e. The van der Waals surface area contributed by atoms with Crippen LogP contribution in [0.4, 0.5) is 0 Å². The molecule has 0 aliphatic heterocycles. The number of hydrogen-bond donors (Lipinski definition) is 0. The Morgan fingerprint density at radius 1 is 1.08 bits per heavy atom. The second kappa shape index (κ2) is 6.57. The molecule has 0 saturated carbocycles. The largest absolute Gasteiger partial charge is 0.397 e. The minimum Gasteiger partial charge on any atom is -0.397 e. The Hall–Kier alpha value is 0.137. The number of hydrogen-bond acceptors (Lipinski definition) is 2. The molecular formula is C10H24O2Si. The van der Waals surface area contributed by atoms with Crippen LogP contribution in [0.15, 0.2) is 0 Å². The van der Waals surface area contributed by atoms with E-state index in [0.717, 1.165) is 6.04 Å². The van der Waals surface area contributed by atoms with Gasteiger partial charge in [0.05, 0.1) is 0 Å². The summed E-state index contributed by atoms with van der Waals surface area (Å²) in [7, 11) is 1.74. The average molecular weight is 204 g/mol. The van der Waals surface area contributed by atoms with Gasteiger partial charge in [-0.15, -0.1) is 0 Å². The summed E-state index contributed by atoms with van der Waals surface area (Å²) in [6, 6.07) is 1.05. The lowest BCUT2D eigenvalue weighted by molar-refractivity contribution is 0.225. The lowest BCUT2D eigenvalue weighted by Crippen LogP contribution is -2.44. The molecular weight excluding hydrogens is 180 g/mol. The molecule has 2 nitrogen and oxygen atoms in total. The molecule has 0 aromatic rings. The molecule has 0 aliphatic rings. The molecule has 0 rings (SSSR count). The third-order valence-corrected chi connectivity index (χ3v) is 7.24. The van der Waals surface area contributed by atoms with Crippen molar-refractivity contribution >= 4 is 8.56 Å². The quantitative estimate of drug-likeness (QED) is 0.592. The fourth-order valence-corrected chi connectivity index (χ4v) is 5.42. The Labute approximate surface area is 83.9 Å². The predicted octanol–water partition coefficient (Wildman–Crippen LogP) is 3.32. The van der Waals surface area contributed by atoms with Gasteiger partial charge in [0.1, 0.15) is 0 Å². The zero-order valence-electron chi connectivity index (χ0n) is 9.72. The van der Waals surface area contributed by atoms with E-state index in [9.17, 15) is 0 Å². The Morgan fingerprint density at radius 2 is 1.62 bits per heavy atom. The van der Waals surface area contributed by atoms with Crippen LogP contribution < -0.4 is 0 Å². The van der Waals surface area contributed by atoms with Crippen LogP contribution in [-0.2, 0) is 8.85 Å². The van der Waals surface area contributed by atoms with Crippen molar-refractivity contribution < 1.29 is 8.85 Å². The third-order valence-electron chi connectivity index (χ3n) is 2.94. The number of rotatable bonds is 7. The van der Waals surface area contributed by atoms with Gasteiger partial charge in [0, 0.05) is 19.8 Å². The Balaban J connectivity index is 4.45. The summed E-state index contributed by atoms with van der Waals surface area (Å²) >= 11 is 0.